The summed E-state index contributed by atoms with van der Waals surface area (Å²) in [5.41, 5.74) is 0.990. The largest absolute Gasteiger partial charge is 0.313 e. The standard InChI is InChI=1S/C12H16Cl2N2/c13-11-4-1-5-12(14)10(11)8-15-7-9-3-2-6-16-9/h1,4-5,9,15-16H,2-3,6-8H2. The molecule has 2 nitrogen and oxygen atoms in total. The van der Waals surface area contributed by atoms with E-state index in [-0.39, 0.29) is 0 Å². The summed E-state index contributed by atoms with van der Waals surface area (Å²) >= 11 is 12.2. The molecule has 1 aliphatic heterocycles. The van der Waals surface area contributed by atoms with Crippen LogP contribution in [0.4, 0.5) is 0 Å². The number of hydrogen-bond acceptors (Lipinski definition) is 2. The van der Waals surface area contributed by atoms with Gasteiger partial charge in [0.2, 0.25) is 0 Å². The van der Waals surface area contributed by atoms with Crippen LogP contribution in [0, 0.1) is 0 Å². The summed E-state index contributed by atoms with van der Waals surface area (Å²) in [4.78, 5) is 0. The second-order valence-electron chi connectivity index (χ2n) is 4.12. The van der Waals surface area contributed by atoms with Crippen LogP contribution in [0.5, 0.6) is 0 Å². The summed E-state index contributed by atoms with van der Waals surface area (Å²) in [5, 5.41) is 8.31. The van der Waals surface area contributed by atoms with Gasteiger partial charge in [-0.1, -0.05) is 29.3 Å². The van der Waals surface area contributed by atoms with Crippen LogP contribution in [0.2, 0.25) is 10.0 Å². The molecule has 1 fully saturated rings. The smallest absolute Gasteiger partial charge is 0.0465 e. The third-order valence-corrected chi connectivity index (χ3v) is 3.62. The summed E-state index contributed by atoms with van der Waals surface area (Å²) in [6.45, 7) is 2.84. The summed E-state index contributed by atoms with van der Waals surface area (Å²) in [6, 6.07) is 6.21. The van der Waals surface area contributed by atoms with Gasteiger partial charge < -0.3 is 10.6 Å². The third kappa shape index (κ3) is 3.11. The van der Waals surface area contributed by atoms with Crippen molar-refractivity contribution in [2.24, 2.45) is 0 Å². The zero-order valence-electron chi connectivity index (χ0n) is 9.10. The van der Waals surface area contributed by atoms with Crippen LogP contribution < -0.4 is 10.6 Å². The zero-order valence-corrected chi connectivity index (χ0v) is 10.6. The topological polar surface area (TPSA) is 24.1 Å². The van der Waals surface area contributed by atoms with Crippen LogP contribution in [0.15, 0.2) is 18.2 Å². The van der Waals surface area contributed by atoms with Crippen molar-refractivity contribution in [2.75, 3.05) is 13.1 Å². The van der Waals surface area contributed by atoms with E-state index < -0.39 is 0 Å². The van der Waals surface area contributed by atoms with E-state index in [1.54, 1.807) is 0 Å². The van der Waals surface area contributed by atoms with Gasteiger partial charge in [0.1, 0.15) is 0 Å². The lowest BCUT2D eigenvalue weighted by atomic mass is 10.2. The Hall–Kier alpha value is -0.280. The van der Waals surface area contributed by atoms with E-state index in [1.165, 1.54) is 12.8 Å². The van der Waals surface area contributed by atoms with Crippen LogP contribution in [0.3, 0.4) is 0 Å². The maximum absolute atomic E-state index is 6.08. The van der Waals surface area contributed by atoms with Crippen LogP contribution in [-0.2, 0) is 6.54 Å². The Kier molecular flexibility index (Phi) is 4.47. The van der Waals surface area contributed by atoms with Gasteiger partial charge in [0, 0.05) is 34.7 Å². The Morgan fingerprint density at radius 1 is 1.31 bits per heavy atom. The molecule has 16 heavy (non-hydrogen) atoms. The van der Waals surface area contributed by atoms with E-state index in [4.69, 9.17) is 23.2 Å². The highest BCUT2D eigenvalue weighted by Gasteiger charge is 2.13. The van der Waals surface area contributed by atoms with Crippen molar-refractivity contribution >= 4 is 23.2 Å². The van der Waals surface area contributed by atoms with Crippen molar-refractivity contribution in [1.82, 2.24) is 10.6 Å². The minimum Gasteiger partial charge on any atom is -0.313 e. The van der Waals surface area contributed by atoms with E-state index in [2.05, 4.69) is 10.6 Å². The van der Waals surface area contributed by atoms with Gasteiger partial charge in [0.05, 0.1) is 0 Å². The molecular formula is C12H16Cl2N2. The van der Waals surface area contributed by atoms with E-state index in [0.717, 1.165) is 35.2 Å². The second kappa shape index (κ2) is 5.87. The minimum absolute atomic E-state index is 0.598. The lowest BCUT2D eigenvalue weighted by Gasteiger charge is -2.12. The number of hydrogen-bond donors (Lipinski definition) is 2. The van der Waals surface area contributed by atoms with Gasteiger partial charge in [0.15, 0.2) is 0 Å². The molecule has 1 heterocycles. The summed E-state index contributed by atoms with van der Waals surface area (Å²) in [6.07, 6.45) is 2.53. The Morgan fingerprint density at radius 3 is 2.69 bits per heavy atom. The van der Waals surface area contributed by atoms with Crippen molar-refractivity contribution in [3.05, 3.63) is 33.8 Å². The number of halogens is 2. The van der Waals surface area contributed by atoms with Crippen LogP contribution >= 0.6 is 23.2 Å². The molecular weight excluding hydrogens is 243 g/mol. The van der Waals surface area contributed by atoms with Crippen molar-refractivity contribution in [1.29, 1.82) is 0 Å². The first kappa shape index (κ1) is 12.2. The highest BCUT2D eigenvalue weighted by Crippen LogP contribution is 2.23. The van der Waals surface area contributed by atoms with Gasteiger partial charge in [-0.2, -0.15) is 0 Å². The van der Waals surface area contributed by atoms with Gasteiger partial charge >= 0.3 is 0 Å². The first-order valence-corrected chi connectivity index (χ1v) is 6.40. The fourth-order valence-electron chi connectivity index (χ4n) is 2.00. The van der Waals surface area contributed by atoms with Crippen LogP contribution in [0.25, 0.3) is 0 Å². The van der Waals surface area contributed by atoms with Crippen molar-refractivity contribution in [3.8, 4) is 0 Å². The fourth-order valence-corrected chi connectivity index (χ4v) is 2.53. The molecule has 0 aliphatic carbocycles. The number of rotatable bonds is 4. The molecule has 1 unspecified atom stereocenters. The molecule has 0 amide bonds. The normalized spacial score (nSPS) is 20.2. The molecule has 0 aromatic heterocycles. The second-order valence-corrected chi connectivity index (χ2v) is 4.94. The molecule has 4 heteroatoms. The Balaban J connectivity index is 1.84. The fraction of sp³-hybridized carbons (Fsp3) is 0.500. The summed E-state index contributed by atoms with van der Waals surface area (Å²) < 4.78 is 0. The first-order chi connectivity index (χ1) is 7.77. The molecule has 88 valence electrons. The van der Waals surface area contributed by atoms with Crippen molar-refractivity contribution in [2.45, 2.75) is 25.4 Å². The maximum atomic E-state index is 6.08. The Labute approximate surface area is 106 Å². The van der Waals surface area contributed by atoms with E-state index in [0.29, 0.717) is 6.04 Å². The van der Waals surface area contributed by atoms with Gasteiger partial charge in [-0.15, -0.1) is 0 Å². The molecule has 0 bridgehead atoms. The highest BCUT2D eigenvalue weighted by atomic mass is 35.5. The zero-order chi connectivity index (χ0) is 11.4. The van der Waals surface area contributed by atoms with Crippen molar-refractivity contribution in [3.63, 3.8) is 0 Å². The SMILES string of the molecule is Clc1cccc(Cl)c1CNCC1CCCN1. The predicted molar refractivity (Wildman–Crippen MR) is 69.2 cm³/mol. The lowest BCUT2D eigenvalue weighted by molar-refractivity contribution is 0.536. The molecule has 1 aromatic rings. The molecule has 0 spiro atoms. The highest BCUT2D eigenvalue weighted by molar-refractivity contribution is 6.35. The van der Waals surface area contributed by atoms with Gasteiger partial charge in [-0.05, 0) is 31.5 Å². The first-order valence-electron chi connectivity index (χ1n) is 5.64. The average Bonchev–Trinajstić information content (AvgIpc) is 2.75. The summed E-state index contributed by atoms with van der Waals surface area (Å²) in [5.74, 6) is 0. The van der Waals surface area contributed by atoms with Gasteiger partial charge in [-0.3, -0.25) is 0 Å². The average molecular weight is 259 g/mol. The quantitative estimate of drug-likeness (QED) is 0.868. The predicted octanol–water partition coefficient (Wildman–Crippen LogP) is 2.84. The number of benzene rings is 1. The molecule has 0 radical (unpaired) electrons. The molecule has 1 saturated heterocycles. The van der Waals surface area contributed by atoms with Crippen molar-refractivity contribution < 1.29 is 0 Å². The van der Waals surface area contributed by atoms with Gasteiger partial charge in [-0.25, -0.2) is 0 Å². The minimum atomic E-state index is 0.598. The molecule has 0 saturated carbocycles. The molecule has 2 rings (SSSR count). The monoisotopic (exact) mass is 258 g/mol. The molecule has 1 aromatic carbocycles. The third-order valence-electron chi connectivity index (χ3n) is 2.92. The maximum Gasteiger partial charge on any atom is 0.0465 e. The Morgan fingerprint density at radius 2 is 2.06 bits per heavy atom. The summed E-state index contributed by atoms with van der Waals surface area (Å²) in [7, 11) is 0. The molecule has 1 aliphatic rings. The van der Waals surface area contributed by atoms with Crippen LogP contribution in [0.1, 0.15) is 18.4 Å². The number of nitrogens with one attached hydrogen (secondary N) is 2. The molecule has 2 N–H and O–H groups in total. The van der Waals surface area contributed by atoms with Gasteiger partial charge in [0.25, 0.3) is 0 Å². The lowest BCUT2D eigenvalue weighted by Crippen LogP contribution is -2.33. The molecule has 1 atom stereocenters. The Bertz CT molecular complexity index is 329. The van der Waals surface area contributed by atoms with Crippen LogP contribution in [-0.4, -0.2) is 19.1 Å². The van der Waals surface area contributed by atoms with E-state index in [1.807, 2.05) is 18.2 Å². The van der Waals surface area contributed by atoms with E-state index in [9.17, 15) is 0 Å². The van der Waals surface area contributed by atoms with E-state index >= 15 is 0 Å².